The van der Waals surface area contributed by atoms with Gasteiger partial charge in [-0.05, 0) is 6.07 Å². The van der Waals surface area contributed by atoms with Crippen molar-refractivity contribution < 1.29 is 14.3 Å². The Morgan fingerprint density at radius 3 is 2.71 bits per heavy atom. The largest absolute Gasteiger partial charge is 0.478 e. The molecule has 0 bridgehead atoms. The highest BCUT2D eigenvalue weighted by atomic mass is 35.5. The summed E-state index contributed by atoms with van der Waals surface area (Å²) in [4.78, 5) is 10.6. The van der Waals surface area contributed by atoms with E-state index in [1.807, 2.05) is 0 Å². The minimum atomic E-state index is -1.47. The first-order valence-corrected chi connectivity index (χ1v) is 4.16. The van der Waals surface area contributed by atoms with Gasteiger partial charge in [0.1, 0.15) is 17.4 Å². The molecule has 0 saturated carbocycles. The SMILES string of the molecule is N#Cc1ccc(CCl)c(F)c1C(=O)O. The van der Waals surface area contributed by atoms with E-state index < -0.39 is 17.3 Å². The molecule has 0 amide bonds. The molecular formula is C9H5ClFNO2. The molecule has 72 valence electrons. The number of hydrogen-bond acceptors (Lipinski definition) is 2. The molecule has 1 aromatic carbocycles. The Kier molecular flexibility index (Phi) is 3.05. The maximum Gasteiger partial charge on any atom is 0.340 e. The van der Waals surface area contributed by atoms with E-state index in [0.29, 0.717) is 0 Å². The average Bonchev–Trinajstić information content (AvgIpc) is 2.16. The summed E-state index contributed by atoms with van der Waals surface area (Å²) in [6.45, 7) is 0. The molecule has 1 N–H and O–H groups in total. The van der Waals surface area contributed by atoms with E-state index in [9.17, 15) is 9.18 Å². The molecule has 0 fully saturated rings. The third-order valence-electron chi connectivity index (χ3n) is 1.70. The van der Waals surface area contributed by atoms with E-state index in [0.717, 1.165) is 0 Å². The standard InChI is InChI=1S/C9H5ClFNO2/c10-3-5-1-2-6(4-12)7(8(5)11)9(13)14/h1-2H,3H2,(H,13,14). The van der Waals surface area contributed by atoms with Gasteiger partial charge in [-0.1, -0.05) is 6.07 Å². The van der Waals surface area contributed by atoms with Crippen molar-refractivity contribution in [2.45, 2.75) is 5.88 Å². The molecule has 0 saturated heterocycles. The van der Waals surface area contributed by atoms with Crippen molar-refractivity contribution in [1.82, 2.24) is 0 Å². The van der Waals surface area contributed by atoms with Crippen LogP contribution in [0.1, 0.15) is 21.5 Å². The van der Waals surface area contributed by atoms with Crippen molar-refractivity contribution in [3.63, 3.8) is 0 Å². The summed E-state index contributed by atoms with van der Waals surface area (Å²) in [5.74, 6) is -2.53. The Bertz CT molecular complexity index is 426. The van der Waals surface area contributed by atoms with Crippen LogP contribution in [0.4, 0.5) is 4.39 Å². The minimum absolute atomic E-state index is 0.0723. The van der Waals surface area contributed by atoms with Crippen LogP contribution in [0.25, 0.3) is 0 Å². The topological polar surface area (TPSA) is 61.1 Å². The fraction of sp³-hybridized carbons (Fsp3) is 0.111. The molecule has 1 rings (SSSR count). The van der Waals surface area contributed by atoms with Gasteiger partial charge >= 0.3 is 5.97 Å². The number of carboxylic acids is 1. The van der Waals surface area contributed by atoms with Crippen LogP contribution in [0.3, 0.4) is 0 Å². The van der Waals surface area contributed by atoms with Crippen LogP contribution < -0.4 is 0 Å². The van der Waals surface area contributed by atoms with Gasteiger partial charge in [0.05, 0.1) is 11.4 Å². The molecule has 1 aromatic rings. The molecule has 0 spiro atoms. The molecule has 0 atom stereocenters. The van der Waals surface area contributed by atoms with E-state index in [1.165, 1.54) is 12.1 Å². The number of nitrogens with zero attached hydrogens (tertiary/aromatic N) is 1. The second-order valence-electron chi connectivity index (χ2n) is 2.51. The quantitative estimate of drug-likeness (QED) is 0.766. The van der Waals surface area contributed by atoms with Gasteiger partial charge < -0.3 is 5.11 Å². The number of carboxylic acid groups (broad SMARTS) is 1. The number of benzene rings is 1. The predicted octanol–water partition coefficient (Wildman–Crippen LogP) is 2.13. The number of alkyl halides is 1. The second-order valence-corrected chi connectivity index (χ2v) is 2.78. The lowest BCUT2D eigenvalue weighted by atomic mass is 10.0. The fourth-order valence-corrected chi connectivity index (χ4v) is 1.23. The summed E-state index contributed by atoms with van der Waals surface area (Å²) < 4.78 is 13.4. The van der Waals surface area contributed by atoms with Crippen LogP contribution in [-0.2, 0) is 5.88 Å². The van der Waals surface area contributed by atoms with E-state index in [1.54, 1.807) is 6.07 Å². The maximum atomic E-state index is 13.4. The van der Waals surface area contributed by atoms with Gasteiger partial charge in [0.2, 0.25) is 0 Å². The Balaban J connectivity index is 3.49. The number of hydrogen-bond donors (Lipinski definition) is 1. The zero-order chi connectivity index (χ0) is 10.7. The molecule has 0 aliphatic carbocycles. The minimum Gasteiger partial charge on any atom is -0.478 e. The van der Waals surface area contributed by atoms with Crippen LogP contribution in [0.15, 0.2) is 12.1 Å². The Morgan fingerprint density at radius 1 is 1.64 bits per heavy atom. The van der Waals surface area contributed by atoms with Crippen molar-refractivity contribution in [2.75, 3.05) is 0 Å². The molecule has 0 aliphatic heterocycles. The summed E-state index contributed by atoms with van der Waals surface area (Å²) in [6, 6.07) is 4.14. The third kappa shape index (κ3) is 1.68. The Labute approximate surface area is 84.3 Å². The fourth-order valence-electron chi connectivity index (χ4n) is 1.02. The lowest BCUT2D eigenvalue weighted by Gasteiger charge is -2.03. The summed E-state index contributed by atoms with van der Waals surface area (Å²) in [5, 5.41) is 17.2. The first kappa shape index (κ1) is 10.5. The Hall–Kier alpha value is -1.60. The molecule has 0 heterocycles. The zero-order valence-electron chi connectivity index (χ0n) is 6.92. The van der Waals surface area contributed by atoms with Gasteiger partial charge in [-0.25, -0.2) is 9.18 Å². The maximum absolute atomic E-state index is 13.4. The lowest BCUT2D eigenvalue weighted by molar-refractivity contribution is 0.0691. The van der Waals surface area contributed by atoms with Crippen LogP contribution in [-0.4, -0.2) is 11.1 Å². The lowest BCUT2D eigenvalue weighted by Crippen LogP contribution is -2.06. The predicted molar refractivity (Wildman–Crippen MR) is 47.6 cm³/mol. The highest BCUT2D eigenvalue weighted by Gasteiger charge is 2.18. The van der Waals surface area contributed by atoms with Crippen molar-refractivity contribution in [3.8, 4) is 6.07 Å². The van der Waals surface area contributed by atoms with Gasteiger partial charge in [-0.15, -0.1) is 11.6 Å². The number of halogens is 2. The second kappa shape index (κ2) is 4.07. The van der Waals surface area contributed by atoms with E-state index in [4.69, 9.17) is 22.0 Å². The average molecular weight is 214 g/mol. The normalized spacial score (nSPS) is 9.50. The van der Waals surface area contributed by atoms with Crippen molar-refractivity contribution in [3.05, 3.63) is 34.6 Å². The van der Waals surface area contributed by atoms with Gasteiger partial charge in [0.15, 0.2) is 0 Å². The molecule has 5 heteroatoms. The van der Waals surface area contributed by atoms with Gasteiger partial charge in [-0.3, -0.25) is 0 Å². The molecule has 0 unspecified atom stereocenters. The summed E-state index contributed by atoms with van der Waals surface area (Å²) >= 11 is 5.39. The van der Waals surface area contributed by atoms with Crippen molar-refractivity contribution in [2.24, 2.45) is 0 Å². The van der Waals surface area contributed by atoms with Crippen molar-refractivity contribution in [1.29, 1.82) is 5.26 Å². The molecule has 0 aromatic heterocycles. The molecular weight excluding hydrogens is 209 g/mol. The van der Waals surface area contributed by atoms with Gasteiger partial charge in [0.25, 0.3) is 0 Å². The summed E-state index contributed by atoms with van der Waals surface area (Å²) in [7, 11) is 0. The summed E-state index contributed by atoms with van der Waals surface area (Å²) in [6.07, 6.45) is 0. The first-order valence-electron chi connectivity index (χ1n) is 3.62. The van der Waals surface area contributed by atoms with E-state index in [2.05, 4.69) is 0 Å². The highest BCUT2D eigenvalue weighted by molar-refractivity contribution is 6.17. The third-order valence-corrected chi connectivity index (χ3v) is 1.99. The van der Waals surface area contributed by atoms with Crippen LogP contribution in [0, 0.1) is 17.1 Å². The van der Waals surface area contributed by atoms with Gasteiger partial charge in [-0.2, -0.15) is 5.26 Å². The van der Waals surface area contributed by atoms with E-state index in [-0.39, 0.29) is 17.0 Å². The number of aromatic carboxylic acids is 1. The van der Waals surface area contributed by atoms with Crippen LogP contribution in [0.2, 0.25) is 0 Å². The number of nitriles is 1. The highest BCUT2D eigenvalue weighted by Crippen LogP contribution is 2.18. The van der Waals surface area contributed by atoms with E-state index >= 15 is 0 Å². The van der Waals surface area contributed by atoms with Crippen LogP contribution >= 0.6 is 11.6 Å². The monoisotopic (exact) mass is 213 g/mol. The first-order chi connectivity index (χ1) is 6.61. The number of carbonyl (C=O) groups is 1. The van der Waals surface area contributed by atoms with Gasteiger partial charge in [0, 0.05) is 5.56 Å². The zero-order valence-corrected chi connectivity index (χ0v) is 7.68. The number of rotatable bonds is 2. The molecule has 0 radical (unpaired) electrons. The summed E-state index contributed by atoms with van der Waals surface area (Å²) in [5.41, 5.74) is -0.752. The Morgan fingerprint density at radius 2 is 2.29 bits per heavy atom. The van der Waals surface area contributed by atoms with Crippen molar-refractivity contribution >= 4 is 17.6 Å². The molecule has 3 nitrogen and oxygen atoms in total. The molecule has 0 aliphatic rings. The molecule has 14 heavy (non-hydrogen) atoms. The smallest absolute Gasteiger partial charge is 0.340 e. The van der Waals surface area contributed by atoms with Crippen LogP contribution in [0.5, 0.6) is 0 Å².